The summed E-state index contributed by atoms with van der Waals surface area (Å²) in [4.78, 5) is 12.3. The normalized spacial score (nSPS) is 39.9. The molecule has 1 heterocycles. The van der Waals surface area contributed by atoms with Gasteiger partial charge in [-0.1, -0.05) is 26.2 Å². The molecule has 2 nitrogen and oxygen atoms in total. The highest BCUT2D eigenvalue weighted by Crippen LogP contribution is 2.34. The Morgan fingerprint density at radius 3 is 2.69 bits per heavy atom. The Bertz CT molecular complexity index is 249. The van der Waals surface area contributed by atoms with E-state index in [9.17, 15) is 4.79 Å². The predicted octanol–water partition coefficient (Wildman–Crippen LogP) is 3.34. The first-order valence-electron chi connectivity index (χ1n) is 6.90. The molecule has 2 aliphatic rings. The van der Waals surface area contributed by atoms with Crippen molar-refractivity contribution in [1.29, 1.82) is 0 Å². The predicted molar refractivity (Wildman–Crippen MR) is 64.3 cm³/mol. The fraction of sp³-hybridized carbons (Fsp3) is 0.929. The molecule has 2 rings (SSSR count). The van der Waals surface area contributed by atoms with Crippen molar-refractivity contribution in [3.63, 3.8) is 0 Å². The van der Waals surface area contributed by atoms with E-state index >= 15 is 0 Å². The number of rotatable bonds is 3. The van der Waals surface area contributed by atoms with Gasteiger partial charge in [0.2, 0.25) is 0 Å². The molecule has 0 aromatic heterocycles. The Morgan fingerprint density at radius 1 is 1.25 bits per heavy atom. The molecule has 1 saturated carbocycles. The number of carbonyl (C=O) groups excluding carboxylic acids is 1. The highest BCUT2D eigenvalue weighted by Gasteiger charge is 2.35. The summed E-state index contributed by atoms with van der Waals surface area (Å²) < 4.78 is 5.70. The largest absolute Gasteiger partial charge is 0.367 e. The van der Waals surface area contributed by atoms with Crippen LogP contribution >= 0.6 is 0 Å². The molecular formula is C14H24O2. The fourth-order valence-electron chi connectivity index (χ4n) is 3.19. The molecule has 0 radical (unpaired) electrons. The summed E-state index contributed by atoms with van der Waals surface area (Å²) in [6, 6.07) is 0. The van der Waals surface area contributed by atoms with Gasteiger partial charge in [0.05, 0.1) is 6.10 Å². The molecule has 2 heteroatoms. The van der Waals surface area contributed by atoms with Crippen LogP contribution in [0, 0.1) is 11.8 Å². The van der Waals surface area contributed by atoms with Gasteiger partial charge in [0.15, 0.2) is 5.78 Å². The summed E-state index contributed by atoms with van der Waals surface area (Å²) in [6.45, 7) is 4.31. The number of ketones is 1. The van der Waals surface area contributed by atoms with Gasteiger partial charge < -0.3 is 4.74 Å². The SMILES string of the molecule is CCC1CCCC(C(=O)C2CCC(C)O2)C1. The van der Waals surface area contributed by atoms with Crippen LogP contribution in [0.4, 0.5) is 0 Å². The van der Waals surface area contributed by atoms with Gasteiger partial charge in [-0.2, -0.15) is 0 Å². The van der Waals surface area contributed by atoms with Crippen LogP contribution in [0.1, 0.15) is 58.8 Å². The van der Waals surface area contributed by atoms with Crippen LogP contribution < -0.4 is 0 Å². The molecule has 92 valence electrons. The van der Waals surface area contributed by atoms with Gasteiger partial charge in [-0.15, -0.1) is 0 Å². The van der Waals surface area contributed by atoms with Crippen molar-refractivity contribution < 1.29 is 9.53 Å². The lowest BCUT2D eigenvalue weighted by molar-refractivity contribution is -0.135. The Hall–Kier alpha value is -0.370. The third-order valence-electron chi connectivity index (χ3n) is 4.31. The van der Waals surface area contributed by atoms with Gasteiger partial charge in [-0.05, 0) is 38.5 Å². The van der Waals surface area contributed by atoms with E-state index in [-0.39, 0.29) is 6.10 Å². The molecule has 0 N–H and O–H groups in total. The minimum Gasteiger partial charge on any atom is -0.367 e. The van der Waals surface area contributed by atoms with Gasteiger partial charge in [0, 0.05) is 5.92 Å². The molecule has 4 atom stereocenters. The molecule has 0 bridgehead atoms. The quantitative estimate of drug-likeness (QED) is 0.735. The van der Waals surface area contributed by atoms with E-state index in [1.165, 1.54) is 19.3 Å². The lowest BCUT2D eigenvalue weighted by atomic mass is 9.77. The van der Waals surface area contributed by atoms with Crippen molar-refractivity contribution in [3.8, 4) is 0 Å². The molecule has 0 spiro atoms. The molecule has 1 aliphatic carbocycles. The second kappa shape index (κ2) is 5.31. The highest BCUT2D eigenvalue weighted by atomic mass is 16.5. The molecule has 16 heavy (non-hydrogen) atoms. The van der Waals surface area contributed by atoms with Gasteiger partial charge in [0.25, 0.3) is 0 Å². The Labute approximate surface area is 98.7 Å². The van der Waals surface area contributed by atoms with E-state index in [0.29, 0.717) is 17.8 Å². The van der Waals surface area contributed by atoms with Crippen LogP contribution in [0.5, 0.6) is 0 Å². The van der Waals surface area contributed by atoms with Gasteiger partial charge in [-0.3, -0.25) is 4.79 Å². The lowest BCUT2D eigenvalue weighted by Gasteiger charge is -2.28. The average molecular weight is 224 g/mol. The molecule has 2 fully saturated rings. The average Bonchev–Trinajstić information content (AvgIpc) is 2.75. The van der Waals surface area contributed by atoms with Gasteiger partial charge >= 0.3 is 0 Å². The van der Waals surface area contributed by atoms with Crippen molar-refractivity contribution in [2.24, 2.45) is 11.8 Å². The minimum absolute atomic E-state index is 0.0735. The monoisotopic (exact) mass is 224 g/mol. The van der Waals surface area contributed by atoms with E-state index in [1.807, 2.05) is 0 Å². The van der Waals surface area contributed by atoms with E-state index in [0.717, 1.165) is 31.6 Å². The Morgan fingerprint density at radius 2 is 2.06 bits per heavy atom. The Kier molecular flexibility index (Phi) is 4.01. The molecule has 1 aliphatic heterocycles. The minimum atomic E-state index is -0.0735. The molecule has 0 aromatic carbocycles. The van der Waals surface area contributed by atoms with Crippen LogP contribution in [-0.4, -0.2) is 18.0 Å². The van der Waals surface area contributed by atoms with E-state index in [1.54, 1.807) is 0 Å². The van der Waals surface area contributed by atoms with Crippen LogP contribution in [0.3, 0.4) is 0 Å². The maximum absolute atomic E-state index is 12.3. The third kappa shape index (κ3) is 2.65. The first kappa shape index (κ1) is 12.1. The van der Waals surface area contributed by atoms with Crippen LogP contribution in [0.15, 0.2) is 0 Å². The lowest BCUT2D eigenvalue weighted by Crippen LogP contribution is -2.31. The number of carbonyl (C=O) groups is 1. The van der Waals surface area contributed by atoms with Crippen molar-refractivity contribution in [3.05, 3.63) is 0 Å². The number of ether oxygens (including phenoxy) is 1. The number of hydrogen-bond donors (Lipinski definition) is 0. The van der Waals surface area contributed by atoms with Crippen molar-refractivity contribution in [2.75, 3.05) is 0 Å². The van der Waals surface area contributed by atoms with Gasteiger partial charge in [0.1, 0.15) is 6.10 Å². The second-order valence-corrected chi connectivity index (χ2v) is 5.55. The van der Waals surface area contributed by atoms with E-state index in [2.05, 4.69) is 13.8 Å². The zero-order chi connectivity index (χ0) is 11.5. The molecule has 0 amide bonds. The summed E-state index contributed by atoms with van der Waals surface area (Å²) in [5.74, 6) is 1.48. The number of Topliss-reactive ketones (excluding diaryl/α,β-unsaturated/α-hetero) is 1. The smallest absolute Gasteiger partial charge is 0.164 e. The molecule has 1 saturated heterocycles. The maximum Gasteiger partial charge on any atom is 0.164 e. The topological polar surface area (TPSA) is 26.3 Å². The summed E-state index contributed by atoms with van der Waals surface area (Å²) in [5.41, 5.74) is 0. The third-order valence-corrected chi connectivity index (χ3v) is 4.31. The highest BCUT2D eigenvalue weighted by molar-refractivity contribution is 5.85. The standard InChI is InChI=1S/C14H24O2/c1-3-11-5-4-6-12(9-11)14(15)13-8-7-10(2)16-13/h10-13H,3-9H2,1-2H3. The summed E-state index contributed by atoms with van der Waals surface area (Å²) in [5, 5.41) is 0. The number of hydrogen-bond acceptors (Lipinski definition) is 2. The van der Waals surface area contributed by atoms with Crippen molar-refractivity contribution >= 4 is 5.78 Å². The van der Waals surface area contributed by atoms with Gasteiger partial charge in [-0.25, -0.2) is 0 Å². The van der Waals surface area contributed by atoms with Crippen molar-refractivity contribution in [1.82, 2.24) is 0 Å². The van der Waals surface area contributed by atoms with E-state index < -0.39 is 0 Å². The van der Waals surface area contributed by atoms with Crippen molar-refractivity contribution in [2.45, 2.75) is 71.0 Å². The molecule has 0 aromatic rings. The fourth-order valence-corrected chi connectivity index (χ4v) is 3.19. The summed E-state index contributed by atoms with van der Waals surface area (Å²) in [7, 11) is 0. The first-order valence-corrected chi connectivity index (χ1v) is 6.90. The van der Waals surface area contributed by atoms with E-state index in [4.69, 9.17) is 4.74 Å². The van der Waals surface area contributed by atoms with Crippen LogP contribution in [0.2, 0.25) is 0 Å². The molecule has 4 unspecified atom stereocenters. The van der Waals surface area contributed by atoms with Crippen LogP contribution in [-0.2, 0) is 9.53 Å². The Balaban J connectivity index is 1.89. The first-order chi connectivity index (χ1) is 7.70. The summed E-state index contributed by atoms with van der Waals surface area (Å²) in [6.07, 6.45) is 8.22. The zero-order valence-electron chi connectivity index (χ0n) is 10.6. The zero-order valence-corrected chi connectivity index (χ0v) is 10.6. The van der Waals surface area contributed by atoms with Crippen LogP contribution in [0.25, 0.3) is 0 Å². The second-order valence-electron chi connectivity index (χ2n) is 5.55. The summed E-state index contributed by atoms with van der Waals surface area (Å²) >= 11 is 0. The maximum atomic E-state index is 12.3. The molecular weight excluding hydrogens is 200 g/mol.